The van der Waals surface area contributed by atoms with Gasteiger partial charge >= 0.3 is 5.97 Å². The van der Waals surface area contributed by atoms with Gasteiger partial charge in [-0.25, -0.2) is 0 Å². The number of ether oxygens (including phenoxy) is 1. The Bertz CT molecular complexity index is 290. The lowest BCUT2D eigenvalue weighted by Gasteiger charge is -2.32. The van der Waals surface area contributed by atoms with Crippen LogP contribution in [0.15, 0.2) is 0 Å². The molecule has 0 bridgehead atoms. The van der Waals surface area contributed by atoms with Crippen LogP contribution in [0.4, 0.5) is 0 Å². The zero-order chi connectivity index (χ0) is 12.5. The third-order valence-corrected chi connectivity index (χ3v) is 4.27. The summed E-state index contributed by atoms with van der Waals surface area (Å²) >= 11 is 0. The first-order chi connectivity index (χ1) is 8.04. The first kappa shape index (κ1) is 12.8. The molecule has 2 saturated carbocycles. The molecule has 17 heavy (non-hydrogen) atoms. The van der Waals surface area contributed by atoms with Gasteiger partial charge in [0.05, 0.1) is 12.7 Å². The SMILES string of the molecule is CC1CCCCC1OCC(N)(C(=O)O)C1CC1. The summed E-state index contributed by atoms with van der Waals surface area (Å²) in [6.07, 6.45) is 6.71. The van der Waals surface area contributed by atoms with Gasteiger partial charge in [0, 0.05) is 0 Å². The average Bonchev–Trinajstić information content (AvgIpc) is 3.11. The lowest BCUT2D eigenvalue weighted by Crippen LogP contribution is -2.55. The van der Waals surface area contributed by atoms with Gasteiger partial charge in [0.1, 0.15) is 5.54 Å². The van der Waals surface area contributed by atoms with Crippen LogP contribution in [0.3, 0.4) is 0 Å². The molecule has 2 aliphatic rings. The summed E-state index contributed by atoms with van der Waals surface area (Å²) in [5.41, 5.74) is 4.83. The normalized spacial score (nSPS) is 33.1. The lowest BCUT2D eigenvalue weighted by molar-refractivity contribution is -0.149. The minimum atomic E-state index is -1.16. The third kappa shape index (κ3) is 2.80. The van der Waals surface area contributed by atoms with Gasteiger partial charge in [0.15, 0.2) is 0 Å². The van der Waals surface area contributed by atoms with Crippen LogP contribution in [0, 0.1) is 11.8 Å². The Balaban J connectivity index is 1.88. The van der Waals surface area contributed by atoms with Gasteiger partial charge in [0.25, 0.3) is 0 Å². The van der Waals surface area contributed by atoms with Crippen molar-refractivity contribution in [2.75, 3.05) is 6.61 Å². The molecule has 3 atom stereocenters. The fourth-order valence-corrected chi connectivity index (χ4v) is 2.73. The van der Waals surface area contributed by atoms with E-state index in [4.69, 9.17) is 10.5 Å². The van der Waals surface area contributed by atoms with Crippen LogP contribution in [-0.2, 0) is 9.53 Å². The van der Waals surface area contributed by atoms with Crippen molar-refractivity contribution in [3.05, 3.63) is 0 Å². The molecule has 0 aromatic rings. The van der Waals surface area contributed by atoms with Crippen LogP contribution >= 0.6 is 0 Å². The van der Waals surface area contributed by atoms with E-state index in [2.05, 4.69) is 6.92 Å². The van der Waals surface area contributed by atoms with Crippen molar-refractivity contribution in [1.82, 2.24) is 0 Å². The second-order valence-electron chi connectivity index (χ2n) is 5.73. The van der Waals surface area contributed by atoms with Gasteiger partial charge in [0.2, 0.25) is 0 Å². The molecule has 2 rings (SSSR count). The second-order valence-corrected chi connectivity index (χ2v) is 5.73. The van der Waals surface area contributed by atoms with Crippen LogP contribution in [0.2, 0.25) is 0 Å². The molecular weight excluding hydrogens is 218 g/mol. The quantitative estimate of drug-likeness (QED) is 0.769. The summed E-state index contributed by atoms with van der Waals surface area (Å²) < 4.78 is 5.82. The van der Waals surface area contributed by atoms with Crippen molar-refractivity contribution in [1.29, 1.82) is 0 Å². The van der Waals surface area contributed by atoms with E-state index in [0.717, 1.165) is 19.3 Å². The molecule has 2 aliphatic carbocycles. The summed E-state index contributed by atoms with van der Waals surface area (Å²) in [4.78, 5) is 11.3. The van der Waals surface area contributed by atoms with E-state index in [1.165, 1.54) is 19.3 Å². The number of carboxylic acids is 1. The number of hydrogen-bond acceptors (Lipinski definition) is 3. The van der Waals surface area contributed by atoms with Crippen molar-refractivity contribution >= 4 is 5.97 Å². The topological polar surface area (TPSA) is 72.5 Å². The zero-order valence-corrected chi connectivity index (χ0v) is 10.5. The smallest absolute Gasteiger partial charge is 0.326 e. The maximum Gasteiger partial charge on any atom is 0.326 e. The molecule has 0 spiro atoms. The highest BCUT2D eigenvalue weighted by Crippen LogP contribution is 2.39. The Morgan fingerprint density at radius 3 is 2.53 bits per heavy atom. The van der Waals surface area contributed by atoms with Gasteiger partial charge in [-0.2, -0.15) is 0 Å². The zero-order valence-electron chi connectivity index (χ0n) is 10.5. The highest BCUT2D eigenvalue weighted by atomic mass is 16.5. The van der Waals surface area contributed by atoms with Crippen molar-refractivity contribution in [3.8, 4) is 0 Å². The Morgan fingerprint density at radius 2 is 2.00 bits per heavy atom. The highest BCUT2D eigenvalue weighted by molar-refractivity contribution is 5.79. The first-order valence-corrected chi connectivity index (χ1v) is 6.68. The van der Waals surface area contributed by atoms with Gasteiger partial charge in [-0.1, -0.05) is 19.8 Å². The van der Waals surface area contributed by atoms with E-state index in [-0.39, 0.29) is 18.6 Å². The number of aliphatic carboxylic acids is 1. The minimum absolute atomic E-state index is 0.110. The Labute approximate surface area is 103 Å². The average molecular weight is 241 g/mol. The molecule has 4 heteroatoms. The summed E-state index contributed by atoms with van der Waals surface area (Å²) in [5.74, 6) is -0.275. The van der Waals surface area contributed by atoms with E-state index < -0.39 is 11.5 Å². The molecule has 0 aliphatic heterocycles. The number of hydrogen-bond donors (Lipinski definition) is 2. The van der Waals surface area contributed by atoms with Crippen molar-refractivity contribution in [2.45, 2.75) is 57.1 Å². The predicted octanol–water partition coefficient (Wildman–Crippen LogP) is 1.77. The highest BCUT2D eigenvalue weighted by Gasteiger charge is 2.49. The second kappa shape index (κ2) is 4.94. The van der Waals surface area contributed by atoms with E-state index in [1.54, 1.807) is 0 Å². The largest absolute Gasteiger partial charge is 0.480 e. The molecule has 0 aromatic heterocycles. The summed E-state index contributed by atoms with van der Waals surface area (Å²) in [7, 11) is 0. The predicted molar refractivity (Wildman–Crippen MR) is 64.7 cm³/mol. The molecule has 0 saturated heterocycles. The number of carboxylic acid groups (broad SMARTS) is 1. The van der Waals surface area contributed by atoms with Crippen LogP contribution in [0.1, 0.15) is 45.4 Å². The van der Waals surface area contributed by atoms with Gasteiger partial charge in [-0.3, -0.25) is 4.79 Å². The van der Waals surface area contributed by atoms with Gasteiger partial charge in [-0.15, -0.1) is 0 Å². The maximum absolute atomic E-state index is 11.3. The van der Waals surface area contributed by atoms with Crippen molar-refractivity contribution < 1.29 is 14.6 Å². The number of rotatable bonds is 5. The Hall–Kier alpha value is -0.610. The number of carbonyl (C=O) groups is 1. The van der Waals surface area contributed by atoms with Crippen LogP contribution in [-0.4, -0.2) is 29.3 Å². The summed E-state index contributed by atoms with van der Waals surface area (Å²) in [6.45, 7) is 2.35. The minimum Gasteiger partial charge on any atom is -0.480 e. The molecular formula is C13H23NO3. The lowest BCUT2D eigenvalue weighted by atomic mass is 9.87. The molecule has 0 amide bonds. The van der Waals surface area contributed by atoms with E-state index in [9.17, 15) is 9.90 Å². The van der Waals surface area contributed by atoms with Crippen LogP contribution < -0.4 is 5.73 Å². The van der Waals surface area contributed by atoms with E-state index in [1.807, 2.05) is 0 Å². The fraction of sp³-hybridized carbons (Fsp3) is 0.923. The first-order valence-electron chi connectivity index (χ1n) is 6.68. The van der Waals surface area contributed by atoms with Crippen LogP contribution in [0.5, 0.6) is 0 Å². The molecule has 0 heterocycles. The molecule has 0 aromatic carbocycles. The fourth-order valence-electron chi connectivity index (χ4n) is 2.73. The molecule has 3 N–H and O–H groups in total. The number of nitrogens with two attached hydrogens (primary N) is 1. The monoisotopic (exact) mass is 241 g/mol. The molecule has 2 fully saturated rings. The standard InChI is InChI=1S/C13H23NO3/c1-9-4-2-3-5-11(9)17-8-13(14,12(15)16)10-6-7-10/h9-11H,2-8,14H2,1H3,(H,15,16). The van der Waals surface area contributed by atoms with Crippen molar-refractivity contribution in [2.24, 2.45) is 17.6 Å². The third-order valence-electron chi connectivity index (χ3n) is 4.27. The van der Waals surface area contributed by atoms with Gasteiger partial charge in [-0.05, 0) is 37.5 Å². The molecule has 3 unspecified atom stereocenters. The van der Waals surface area contributed by atoms with E-state index in [0.29, 0.717) is 5.92 Å². The van der Waals surface area contributed by atoms with E-state index >= 15 is 0 Å². The Kier molecular flexibility index (Phi) is 3.73. The molecule has 0 radical (unpaired) electrons. The maximum atomic E-state index is 11.3. The molecule has 98 valence electrons. The van der Waals surface area contributed by atoms with Gasteiger partial charge < -0.3 is 15.6 Å². The van der Waals surface area contributed by atoms with Crippen LogP contribution in [0.25, 0.3) is 0 Å². The molecule has 4 nitrogen and oxygen atoms in total. The summed E-state index contributed by atoms with van der Waals surface area (Å²) in [6, 6.07) is 0. The summed E-state index contributed by atoms with van der Waals surface area (Å²) in [5, 5.41) is 9.23. The Morgan fingerprint density at radius 1 is 1.35 bits per heavy atom. The van der Waals surface area contributed by atoms with Crippen molar-refractivity contribution in [3.63, 3.8) is 0 Å².